The fraction of sp³-hybridized carbons (Fsp3) is 0.0833. The van der Waals surface area contributed by atoms with E-state index < -0.39 is 0 Å². The third kappa shape index (κ3) is 4.56. The second-order valence-electron chi connectivity index (χ2n) is 7.25. The minimum Gasteiger partial charge on any atom is -0.507 e. The first-order valence-electron chi connectivity index (χ1n) is 9.69. The molecule has 31 heavy (non-hydrogen) atoms. The number of benzene rings is 3. The predicted octanol–water partition coefficient (Wildman–Crippen LogP) is 4.21. The van der Waals surface area contributed by atoms with Crippen LogP contribution in [0.2, 0.25) is 0 Å². The first-order chi connectivity index (χ1) is 14.9. The molecule has 0 radical (unpaired) electrons. The molecular formula is C24H21IN4O2. The fourth-order valence-corrected chi connectivity index (χ4v) is 4.17. The zero-order valence-electron chi connectivity index (χ0n) is 16.6. The van der Waals surface area contributed by atoms with Crippen molar-refractivity contribution in [1.29, 1.82) is 5.41 Å². The first kappa shape index (κ1) is 20.9. The smallest absolute Gasteiger partial charge is 0.268 e. The van der Waals surface area contributed by atoms with Gasteiger partial charge in [0.1, 0.15) is 17.3 Å². The Morgan fingerprint density at radius 2 is 1.77 bits per heavy atom. The van der Waals surface area contributed by atoms with Gasteiger partial charge < -0.3 is 20.7 Å². The zero-order valence-corrected chi connectivity index (χ0v) is 18.8. The van der Waals surface area contributed by atoms with E-state index in [0.29, 0.717) is 29.7 Å². The van der Waals surface area contributed by atoms with Gasteiger partial charge >= 0.3 is 0 Å². The molecule has 0 aliphatic rings. The van der Waals surface area contributed by atoms with E-state index in [-0.39, 0.29) is 17.5 Å². The van der Waals surface area contributed by atoms with Gasteiger partial charge in [0.2, 0.25) is 0 Å². The maximum Gasteiger partial charge on any atom is 0.268 e. The van der Waals surface area contributed by atoms with Crippen LogP contribution in [0.15, 0.2) is 72.8 Å². The van der Waals surface area contributed by atoms with Crippen molar-refractivity contribution in [3.63, 3.8) is 0 Å². The average molecular weight is 524 g/mol. The van der Waals surface area contributed by atoms with Crippen LogP contribution in [0.1, 0.15) is 27.2 Å². The Bertz CT molecular complexity index is 1300. The van der Waals surface area contributed by atoms with Crippen LogP contribution < -0.4 is 11.1 Å². The van der Waals surface area contributed by atoms with Crippen LogP contribution >= 0.6 is 22.6 Å². The fourth-order valence-electron chi connectivity index (χ4n) is 3.57. The summed E-state index contributed by atoms with van der Waals surface area (Å²) in [6, 6.07) is 22.3. The second kappa shape index (κ2) is 8.81. The highest BCUT2D eigenvalue weighted by atomic mass is 127. The average Bonchev–Trinajstić information content (AvgIpc) is 3.12. The van der Waals surface area contributed by atoms with Crippen molar-refractivity contribution in [3.05, 3.63) is 98.8 Å². The van der Waals surface area contributed by atoms with E-state index in [2.05, 4.69) is 27.9 Å². The number of amidine groups is 1. The van der Waals surface area contributed by atoms with Crippen molar-refractivity contribution < 1.29 is 9.90 Å². The van der Waals surface area contributed by atoms with E-state index in [9.17, 15) is 9.90 Å². The number of amides is 1. The standard InChI is InChI=1S/C24H21IN4O2/c25-18-7-2-4-15(11-18)13-28-24(31)21-12-19-20(8-3-9-22(19)30)29(21)14-16-5-1-6-17(10-16)23(26)27/h1-12,30H,13-14H2,(H3,26,27)(H,28,31). The summed E-state index contributed by atoms with van der Waals surface area (Å²) < 4.78 is 2.98. The molecular weight excluding hydrogens is 503 g/mol. The Balaban J connectivity index is 1.69. The van der Waals surface area contributed by atoms with E-state index in [4.69, 9.17) is 11.1 Å². The number of nitrogens with two attached hydrogens (primary N) is 1. The van der Waals surface area contributed by atoms with E-state index >= 15 is 0 Å². The van der Waals surface area contributed by atoms with E-state index in [1.54, 1.807) is 24.3 Å². The molecule has 0 atom stereocenters. The molecule has 0 saturated carbocycles. The van der Waals surface area contributed by atoms with Crippen molar-refractivity contribution in [1.82, 2.24) is 9.88 Å². The van der Waals surface area contributed by atoms with Gasteiger partial charge in [0.25, 0.3) is 5.91 Å². The molecule has 0 spiro atoms. The third-order valence-electron chi connectivity index (χ3n) is 5.08. The number of nitrogens with zero attached hydrogens (tertiary/aromatic N) is 1. The van der Waals surface area contributed by atoms with Crippen LogP contribution in [0, 0.1) is 8.98 Å². The molecule has 1 aromatic heterocycles. The number of carbonyl (C=O) groups is 1. The summed E-state index contributed by atoms with van der Waals surface area (Å²) in [5.41, 5.74) is 9.38. The molecule has 7 heteroatoms. The lowest BCUT2D eigenvalue weighted by molar-refractivity contribution is 0.0942. The molecule has 3 aromatic carbocycles. The van der Waals surface area contributed by atoms with Gasteiger partial charge in [-0.05, 0) is 70.1 Å². The Hall–Kier alpha value is -3.33. The van der Waals surface area contributed by atoms with E-state index in [1.807, 2.05) is 53.1 Å². The number of hydrogen-bond acceptors (Lipinski definition) is 3. The molecule has 0 aliphatic carbocycles. The van der Waals surface area contributed by atoms with Gasteiger partial charge in [-0.15, -0.1) is 0 Å². The number of fused-ring (bicyclic) bond motifs is 1. The predicted molar refractivity (Wildman–Crippen MR) is 130 cm³/mol. The Morgan fingerprint density at radius 3 is 2.55 bits per heavy atom. The normalized spacial score (nSPS) is 10.9. The Labute approximate surface area is 193 Å². The van der Waals surface area contributed by atoms with Crippen LogP contribution in [-0.4, -0.2) is 21.4 Å². The highest BCUT2D eigenvalue weighted by molar-refractivity contribution is 14.1. The lowest BCUT2D eigenvalue weighted by Gasteiger charge is -2.12. The summed E-state index contributed by atoms with van der Waals surface area (Å²) >= 11 is 2.24. The number of phenolic OH excluding ortho intramolecular Hbond substituents is 1. The summed E-state index contributed by atoms with van der Waals surface area (Å²) in [5.74, 6) is -0.107. The topological polar surface area (TPSA) is 104 Å². The van der Waals surface area contributed by atoms with Crippen LogP contribution in [0.3, 0.4) is 0 Å². The van der Waals surface area contributed by atoms with Gasteiger partial charge in [-0.25, -0.2) is 0 Å². The summed E-state index contributed by atoms with van der Waals surface area (Å²) in [6.07, 6.45) is 0. The molecule has 4 rings (SSSR count). The maximum atomic E-state index is 13.1. The number of nitrogen functional groups attached to an aromatic ring is 1. The van der Waals surface area contributed by atoms with E-state index in [1.165, 1.54) is 0 Å². The molecule has 1 heterocycles. The van der Waals surface area contributed by atoms with Crippen LogP contribution in [0.25, 0.3) is 10.9 Å². The first-order valence-corrected chi connectivity index (χ1v) is 10.8. The number of carbonyl (C=O) groups excluding carboxylic acids is 1. The van der Waals surface area contributed by atoms with E-state index in [0.717, 1.165) is 20.2 Å². The van der Waals surface area contributed by atoms with Crippen molar-refractivity contribution in [2.75, 3.05) is 0 Å². The summed E-state index contributed by atoms with van der Waals surface area (Å²) in [7, 11) is 0. The van der Waals surface area contributed by atoms with Crippen molar-refractivity contribution >= 4 is 45.2 Å². The van der Waals surface area contributed by atoms with Crippen LogP contribution in [0.5, 0.6) is 5.75 Å². The number of halogens is 1. The maximum absolute atomic E-state index is 13.1. The molecule has 0 aliphatic heterocycles. The quantitative estimate of drug-likeness (QED) is 0.173. The van der Waals surface area contributed by atoms with Crippen molar-refractivity contribution in [2.45, 2.75) is 13.1 Å². The Morgan fingerprint density at radius 1 is 1.03 bits per heavy atom. The summed E-state index contributed by atoms with van der Waals surface area (Å²) in [6.45, 7) is 0.809. The Kier molecular flexibility index (Phi) is 5.94. The molecule has 5 N–H and O–H groups in total. The number of aromatic hydroxyl groups is 1. The number of phenols is 1. The molecule has 0 bridgehead atoms. The zero-order chi connectivity index (χ0) is 22.0. The van der Waals surface area contributed by atoms with Gasteiger partial charge in [0.15, 0.2) is 0 Å². The lowest BCUT2D eigenvalue weighted by atomic mass is 10.1. The number of nitrogens with one attached hydrogen (secondary N) is 2. The SMILES string of the molecule is N=C(N)c1cccc(Cn2c(C(=O)NCc3cccc(I)c3)cc3c(O)cccc32)c1. The molecule has 6 nitrogen and oxygen atoms in total. The minimum atomic E-state index is -0.225. The van der Waals surface area contributed by atoms with Gasteiger partial charge in [0.05, 0.1) is 5.52 Å². The molecule has 0 unspecified atom stereocenters. The molecule has 156 valence electrons. The van der Waals surface area contributed by atoms with Gasteiger partial charge in [-0.3, -0.25) is 10.2 Å². The summed E-state index contributed by atoms with van der Waals surface area (Å²) in [5, 5.41) is 21.6. The van der Waals surface area contributed by atoms with Crippen molar-refractivity contribution in [3.8, 4) is 5.75 Å². The second-order valence-corrected chi connectivity index (χ2v) is 8.50. The highest BCUT2D eigenvalue weighted by Gasteiger charge is 2.18. The summed E-state index contributed by atoms with van der Waals surface area (Å²) in [4.78, 5) is 13.1. The van der Waals surface area contributed by atoms with Crippen LogP contribution in [0.4, 0.5) is 0 Å². The molecule has 4 aromatic rings. The third-order valence-corrected chi connectivity index (χ3v) is 5.75. The largest absolute Gasteiger partial charge is 0.507 e. The van der Waals surface area contributed by atoms with Crippen LogP contribution in [-0.2, 0) is 13.1 Å². The molecule has 0 saturated heterocycles. The monoisotopic (exact) mass is 524 g/mol. The molecule has 1 amide bonds. The molecule has 0 fully saturated rings. The van der Waals surface area contributed by atoms with Crippen molar-refractivity contribution in [2.24, 2.45) is 5.73 Å². The number of hydrogen-bond donors (Lipinski definition) is 4. The van der Waals surface area contributed by atoms with Gasteiger partial charge in [0, 0.05) is 27.6 Å². The van der Waals surface area contributed by atoms with Gasteiger partial charge in [-0.2, -0.15) is 0 Å². The number of aromatic nitrogens is 1. The minimum absolute atomic E-state index is 0.00711. The number of rotatable bonds is 6. The lowest BCUT2D eigenvalue weighted by Crippen LogP contribution is -2.25. The van der Waals surface area contributed by atoms with Gasteiger partial charge in [-0.1, -0.05) is 36.4 Å². The highest BCUT2D eigenvalue weighted by Crippen LogP contribution is 2.29.